The van der Waals surface area contributed by atoms with Crippen LogP contribution >= 0.6 is 0 Å². The lowest BCUT2D eigenvalue weighted by atomic mass is 9.80. The van der Waals surface area contributed by atoms with Crippen LogP contribution in [0.2, 0.25) is 0 Å². The van der Waals surface area contributed by atoms with Crippen LogP contribution in [0.15, 0.2) is 0 Å². The molecule has 15 heavy (non-hydrogen) atoms. The first-order valence-electron chi connectivity index (χ1n) is 5.12. The van der Waals surface area contributed by atoms with Gasteiger partial charge < -0.3 is 15.2 Å². The van der Waals surface area contributed by atoms with E-state index in [4.69, 9.17) is 9.84 Å². The highest BCUT2D eigenvalue weighted by atomic mass is 16.5. The fourth-order valence-electron chi connectivity index (χ4n) is 1.59. The summed E-state index contributed by atoms with van der Waals surface area (Å²) in [5, 5.41) is 11.1. The van der Waals surface area contributed by atoms with Gasteiger partial charge in [0.1, 0.15) is 0 Å². The Labute approximate surface area is 88.8 Å². The van der Waals surface area contributed by atoms with Crippen LogP contribution in [-0.4, -0.2) is 36.2 Å². The molecule has 0 aliphatic heterocycles. The highest BCUT2D eigenvalue weighted by molar-refractivity contribution is 5.80. The van der Waals surface area contributed by atoms with Gasteiger partial charge in [-0.1, -0.05) is 0 Å². The Balaban J connectivity index is 2.18. The second kappa shape index (κ2) is 5.11. The first kappa shape index (κ1) is 12.0. The number of amides is 1. The molecule has 1 aliphatic carbocycles. The smallest absolute Gasteiger partial charge is 0.303 e. The molecule has 1 fully saturated rings. The lowest BCUT2D eigenvalue weighted by Gasteiger charge is -2.40. The molecule has 0 bridgehead atoms. The van der Waals surface area contributed by atoms with Crippen LogP contribution in [0.3, 0.4) is 0 Å². The van der Waals surface area contributed by atoms with Crippen molar-refractivity contribution in [1.82, 2.24) is 5.32 Å². The summed E-state index contributed by atoms with van der Waals surface area (Å²) in [6.45, 7) is 0.488. The molecular formula is C10H17NO4. The van der Waals surface area contributed by atoms with Crippen molar-refractivity contribution in [3.05, 3.63) is 0 Å². The number of carbonyl (C=O) groups is 2. The number of nitrogens with one attached hydrogen (secondary N) is 1. The van der Waals surface area contributed by atoms with Gasteiger partial charge in [0.2, 0.25) is 5.91 Å². The molecule has 1 aliphatic rings. The molecule has 0 spiro atoms. The molecular weight excluding hydrogens is 198 g/mol. The van der Waals surface area contributed by atoms with Crippen molar-refractivity contribution in [2.45, 2.75) is 37.7 Å². The molecule has 0 aromatic carbocycles. The summed E-state index contributed by atoms with van der Waals surface area (Å²) in [5.41, 5.74) is -0.196. The monoisotopic (exact) mass is 215 g/mol. The Morgan fingerprint density at radius 1 is 1.40 bits per heavy atom. The summed E-state index contributed by atoms with van der Waals surface area (Å²) in [7, 11) is 1.64. The van der Waals surface area contributed by atoms with Crippen LogP contribution in [0.1, 0.15) is 32.1 Å². The summed E-state index contributed by atoms with van der Waals surface area (Å²) in [5.74, 6) is -1.17. The zero-order valence-electron chi connectivity index (χ0n) is 8.91. The average molecular weight is 215 g/mol. The molecule has 5 heteroatoms. The maximum Gasteiger partial charge on any atom is 0.303 e. The number of carbonyl (C=O) groups excluding carboxylic acids is 1. The average Bonchev–Trinajstić information content (AvgIpc) is 2.14. The fourth-order valence-corrected chi connectivity index (χ4v) is 1.59. The zero-order valence-corrected chi connectivity index (χ0v) is 8.91. The number of methoxy groups -OCH3 is 1. The maximum absolute atomic E-state index is 11.2. The Hall–Kier alpha value is -1.10. The van der Waals surface area contributed by atoms with E-state index in [2.05, 4.69) is 5.32 Å². The number of carboxylic acid groups (broad SMARTS) is 1. The van der Waals surface area contributed by atoms with Gasteiger partial charge in [-0.05, 0) is 19.3 Å². The molecule has 0 atom stereocenters. The van der Waals surface area contributed by atoms with E-state index in [0.717, 1.165) is 19.3 Å². The van der Waals surface area contributed by atoms with Gasteiger partial charge in [-0.15, -0.1) is 0 Å². The van der Waals surface area contributed by atoms with Crippen molar-refractivity contribution in [3.8, 4) is 0 Å². The molecule has 1 amide bonds. The van der Waals surface area contributed by atoms with Gasteiger partial charge in [0.05, 0.1) is 12.0 Å². The number of carboxylic acids is 1. The summed E-state index contributed by atoms with van der Waals surface area (Å²) >= 11 is 0. The molecule has 2 N–H and O–H groups in total. The topological polar surface area (TPSA) is 75.6 Å². The highest BCUT2D eigenvalue weighted by Gasteiger charge is 2.37. The van der Waals surface area contributed by atoms with Gasteiger partial charge in [-0.2, -0.15) is 0 Å². The van der Waals surface area contributed by atoms with Crippen molar-refractivity contribution in [3.63, 3.8) is 0 Å². The van der Waals surface area contributed by atoms with Crippen LogP contribution < -0.4 is 5.32 Å². The molecule has 0 saturated heterocycles. The molecule has 0 unspecified atom stereocenters. The first-order chi connectivity index (χ1) is 7.08. The molecule has 1 saturated carbocycles. The maximum atomic E-state index is 11.2. The van der Waals surface area contributed by atoms with Gasteiger partial charge in [-0.3, -0.25) is 9.59 Å². The van der Waals surface area contributed by atoms with Crippen LogP contribution in [0.25, 0.3) is 0 Å². The van der Waals surface area contributed by atoms with Gasteiger partial charge in [0.15, 0.2) is 0 Å². The van der Waals surface area contributed by atoms with E-state index < -0.39 is 5.97 Å². The van der Waals surface area contributed by atoms with Crippen molar-refractivity contribution < 1.29 is 19.4 Å². The molecule has 5 nitrogen and oxygen atoms in total. The molecule has 86 valence electrons. The molecule has 0 aromatic rings. The number of aliphatic carboxylic acids is 1. The predicted octanol–water partition coefficient (Wildman–Crippen LogP) is 0.536. The second-order valence-corrected chi connectivity index (χ2v) is 3.91. The minimum atomic E-state index is -0.949. The van der Waals surface area contributed by atoms with E-state index in [1.807, 2.05) is 0 Å². The van der Waals surface area contributed by atoms with E-state index in [1.54, 1.807) is 7.11 Å². The van der Waals surface area contributed by atoms with Crippen LogP contribution in [0.4, 0.5) is 0 Å². The number of ether oxygens (including phenoxy) is 1. The summed E-state index contributed by atoms with van der Waals surface area (Å²) in [6.07, 6.45) is 2.96. The van der Waals surface area contributed by atoms with Crippen LogP contribution in [0.5, 0.6) is 0 Å². The zero-order chi connectivity index (χ0) is 11.3. The first-order valence-corrected chi connectivity index (χ1v) is 5.12. The van der Waals surface area contributed by atoms with Gasteiger partial charge >= 0.3 is 5.97 Å². The Morgan fingerprint density at radius 3 is 2.47 bits per heavy atom. The summed E-state index contributed by atoms with van der Waals surface area (Å²) < 4.78 is 5.32. The quantitative estimate of drug-likeness (QED) is 0.678. The van der Waals surface area contributed by atoms with Gasteiger partial charge in [0.25, 0.3) is 0 Å². The van der Waals surface area contributed by atoms with Crippen LogP contribution in [-0.2, 0) is 14.3 Å². The molecule has 0 aromatic heterocycles. The third kappa shape index (κ3) is 3.51. The van der Waals surface area contributed by atoms with Crippen molar-refractivity contribution in [2.75, 3.05) is 13.7 Å². The molecule has 1 rings (SSSR count). The largest absolute Gasteiger partial charge is 0.481 e. The van der Waals surface area contributed by atoms with Crippen LogP contribution in [0, 0.1) is 0 Å². The van der Waals surface area contributed by atoms with E-state index in [9.17, 15) is 9.59 Å². The van der Waals surface area contributed by atoms with E-state index in [0.29, 0.717) is 6.54 Å². The molecule has 0 radical (unpaired) electrons. The van der Waals surface area contributed by atoms with Crippen molar-refractivity contribution >= 4 is 11.9 Å². The standard InChI is InChI=1S/C10H17NO4/c1-15-10(5-2-6-10)7-11-8(12)3-4-9(13)14/h2-7H2,1H3,(H,11,12)(H,13,14). The Bertz CT molecular complexity index is 242. The number of rotatable bonds is 6. The third-order valence-corrected chi connectivity index (χ3v) is 2.87. The third-order valence-electron chi connectivity index (χ3n) is 2.87. The van der Waals surface area contributed by atoms with Gasteiger partial charge in [-0.25, -0.2) is 0 Å². The van der Waals surface area contributed by atoms with Crippen molar-refractivity contribution in [1.29, 1.82) is 0 Å². The Morgan fingerprint density at radius 2 is 2.07 bits per heavy atom. The predicted molar refractivity (Wildman–Crippen MR) is 53.5 cm³/mol. The highest BCUT2D eigenvalue weighted by Crippen LogP contribution is 2.34. The van der Waals surface area contributed by atoms with Crippen molar-refractivity contribution in [2.24, 2.45) is 0 Å². The summed E-state index contributed by atoms with van der Waals surface area (Å²) in [6, 6.07) is 0. The SMILES string of the molecule is COC1(CNC(=O)CCC(=O)O)CCC1. The fraction of sp³-hybridized carbons (Fsp3) is 0.800. The van der Waals surface area contributed by atoms with Gasteiger partial charge in [0, 0.05) is 20.1 Å². The Kier molecular flexibility index (Phi) is 4.08. The van der Waals surface area contributed by atoms with E-state index in [1.165, 1.54) is 0 Å². The van der Waals surface area contributed by atoms with E-state index in [-0.39, 0.29) is 24.3 Å². The van der Waals surface area contributed by atoms with E-state index >= 15 is 0 Å². The lowest BCUT2D eigenvalue weighted by Crippen LogP contribution is -2.49. The number of hydrogen-bond donors (Lipinski definition) is 2. The minimum absolute atomic E-state index is 0.0368. The minimum Gasteiger partial charge on any atom is -0.481 e. The molecule has 0 heterocycles. The number of hydrogen-bond acceptors (Lipinski definition) is 3. The lowest BCUT2D eigenvalue weighted by molar-refractivity contribution is -0.139. The second-order valence-electron chi connectivity index (χ2n) is 3.91. The normalized spacial score (nSPS) is 17.9. The summed E-state index contributed by atoms with van der Waals surface area (Å²) in [4.78, 5) is 21.4.